The number of aromatic nitrogens is 3. The number of halogens is 1. The molecule has 0 radical (unpaired) electrons. The van der Waals surface area contributed by atoms with E-state index in [1.807, 2.05) is 44.4 Å². The van der Waals surface area contributed by atoms with Gasteiger partial charge in [0.1, 0.15) is 10.1 Å². The third-order valence-electron chi connectivity index (χ3n) is 5.97. The summed E-state index contributed by atoms with van der Waals surface area (Å²) in [7, 11) is -0.0412. The second-order valence-corrected chi connectivity index (χ2v) is 15.1. The van der Waals surface area contributed by atoms with E-state index < -0.39 is 8.32 Å². The summed E-state index contributed by atoms with van der Waals surface area (Å²) in [4.78, 5) is 26.7. The number of amides is 1. The Balaban J connectivity index is 1.70. The molecule has 3 aromatic rings. The first-order chi connectivity index (χ1) is 14.4. The largest absolute Gasteiger partial charge is 0.412 e. The van der Waals surface area contributed by atoms with Gasteiger partial charge in [-0.25, -0.2) is 9.97 Å². The second-order valence-electron chi connectivity index (χ2n) is 9.54. The molecule has 1 unspecified atom stereocenters. The number of carbonyl (C=O) groups is 1. The molecule has 6 nitrogen and oxygen atoms in total. The molecule has 1 N–H and O–H groups in total. The lowest BCUT2D eigenvalue weighted by molar-refractivity contribution is 0.0714. The van der Waals surface area contributed by atoms with Crippen LogP contribution in [0.25, 0.3) is 22.3 Å². The van der Waals surface area contributed by atoms with Gasteiger partial charge in [-0.1, -0.05) is 32.9 Å². The molecule has 8 heteroatoms. The van der Waals surface area contributed by atoms with E-state index in [4.69, 9.17) is 4.43 Å². The third-order valence-corrected chi connectivity index (χ3v) is 11.0. The van der Waals surface area contributed by atoms with Crippen LogP contribution in [-0.2, 0) is 4.43 Å². The van der Waals surface area contributed by atoms with Crippen LogP contribution in [-0.4, -0.2) is 53.8 Å². The van der Waals surface area contributed by atoms with Crippen LogP contribution in [0, 0.1) is 0 Å². The van der Waals surface area contributed by atoms with Crippen molar-refractivity contribution in [3.05, 3.63) is 46.8 Å². The van der Waals surface area contributed by atoms with E-state index in [0.29, 0.717) is 16.7 Å². The minimum atomic E-state index is -1.87. The Hall–Kier alpha value is -2.03. The monoisotopic (exact) mass is 502 g/mol. The standard InChI is InChI=1S/C23H31BrN4O2Si/c1-15(30-31(6,7)23(2,3)4)14-28(5)22(29)17-10-8-16(9-11-17)18-12-25-21-20(18)27-19(24)13-26-21/h8-13,15H,14H2,1-7H3,(H,25,26). The molecule has 2 aromatic heterocycles. The van der Waals surface area contributed by atoms with E-state index in [2.05, 4.69) is 64.7 Å². The maximum Gasteiger partial charge on any atom is 0.253 e. The van der Waals surface area contributed by atoms with Crippen molar-refractivity contribution in [2.75, 3.05) is 13.6 Å². The Labute approximate surface area is 193 Å². The lowest BCUT2D eigenvalue weighted by Crippen LogP contribution is -2.46. The number of aromatic amines is 1. The molecule has 0 spiro atoms. The molecule has 0 aliphatic heterocycles. The Morgan fingerprint density at radius 3 is 2.52 bits per heavy atom. The Morgan fingerprint density at radius 2 is 1.90 bits per heavy atom. The van der Waals surface area contributed by atoms with Gasteiger partial charge >= 0.3 is 0 Å². The lowest BCUT2D eigenvalue weighted by Gasteiger charge is -2.39. The van der Waals surface area contributed by atoms with Gasteiger partial charge in [0, 0.05) is 30.9 Å². The highest BCUT2D eigenvalue weighted by Crippen LogP contribution is 2.37. The molecule has 0 saturated heterocycles. The minimum Gasteiger partial charge on any atom is -0.412 e. The predicted molar refractivity (Wildman–Crippen MR) is 132 cm³/mol. The van der Waals surface area contributed by atoms with Crippen molar-refractivity contribution >= 4 is 41.3 Å². The van der Waals surface area contributed by atoms with Crippen LogP contribution in [0.4, 0.5) is 0 Å². The van der Waals surface area contributed by atoms with Gasteiger partial charge in [-0.2, -0.15) is 0 Å². The normalized spacial score (nSPS) is 13.4. The van der Waals surface area contributed by atoms with Gasteiger partial charge in [0.2, 0.25) is 0 Å². The van der Waals surface area contributed by atoms with Crippen molar-refractivity contribution in [2.45, 2.75) is 51.9 Å². The Kier molecular flexibility index (Phi) is 6.74. The summed E-state index contributed by atoms with van der Waals surface area (Å²) in [5, 5.41) is 0.141. The van der Waals surface area contributed by atoms with Crippen molar-refractivity contribution < 1.29 is 9.22 Å². The minimum absolute atomic E-state index is 0.0151. The first-order valence-corrected chi connectivity index (χ1v) is 14.1. The third kappa shape index (κ3) is 5.24. The molecule has 1 amide bonds. The lowest BCUT2D eigenvalue weighted by atomic mass is 10.1. The first kappa shape index (κ1) is 23.6. The summed E-state index contributed by atoms with van der Waals surface area (Å²) in [5.41, 5.74) is 4.11. The fraction of sp³-hybridized carbons (Fsp3) is 0.435. The Morgan fingerprint density at radius 1 is 1.26 bits per heavy atom. The maximum atomic E-state index is 12.9. The summed E-state index contributed by atoms with van der Waals surface area (Å²) in [6.45, 7) is 13.7. The van der Waals surface area contributed by atoms with Crippen LogP contribution >= 0.6 is 15.9 Å². The van der Waals surface area contributed by atoms with Crippen molar-refractivity contribution in [3.8, 4) is 11.1 Å². The molecule has 0 fully saturated rings. The number of hydrogen-bond acceptors (Lipinski definition) is 4. The van der Waals surface area contributed by atoms with Gasteiger partial charge in [0.25, 0.3) is 5.91 Å². The fourth-order valence-corrected chi connectivity index (χ4v) is 5.00. The zero-order valence-electron chi connectivity index (χ0n) is 19.3. The number of hydrogen-bond donors (Lipinski definition) is 1. The number of benzene rings is 1. The van der Waals surface area contributed by atoms with E-state index in [1.54, 1.807) is 11.1 Å². The highest BCUT2D eigenvalue weighted by atomic mass is 79.9. The van der Waals surface area contributed by atoms with Crippen LogP contribution in [0.15, 0.2) is 41.3 Å². The molecule has 1 atom stereocenters. The number of H-pyrrole nitrogens is 1. The van der Waals surface area contributed by atoms with Crippen LogP contribution in [0.5, 0.6) is 0 Å². The van der Waals surface area contributed by atoms with Gasteiger partial charge in [-0.3, -0.25) is 4.79 Å². The predicted octanol–water partition coefficient (Wildman–Crippen LogP) is 5.87. The molecule has 3 rings (SSSR count). The molecule has 31 heavy (non-hydrogen) atoms. The molecule has 2 heterocycles. The number of nitrogens with one attached hydrogen (secondary N) is 1. The van der Waals surface area contributed by atoms with E-state index in [0.717, 1.165) is 22.3 Å². The topological polar surface area (TPSA) is 71.1 Å². The SMILES string of the molecule is CC(CN(C)C(=O)c1ccc(-c2c[nH]c3ncc(Br)nc23)cc1)O[Si](C)(C)C(C)(C)C. The molecular formula is C23H31BrN4O2Si. The average Bonchev–Trinajstić information content (AvgIpc) is 3.09. The van der Waals surface area contributed by atoms with Crippen molar-refractivity contribution in [3.63, 3.8) is 0 Å². The number of fused-ring (bicyclic) bond motifs is 1. The summed E-state index contributed by atoms with van der Waals surface area (Å²) in [6, 6.07) is 7.61. The van der Waals surface area contributed by atoms with Crippen LogP contribution in [0.3, 0.4) is 0 Å². The van der Waals surface area contributed by atoms with Crippen LogP contribution in [0.2, 0.25) is 18.1 Å². The highest BCUT2D eigenvalue weighted by Gasteiger charge is 2.38. The summed E-state index contributed by atoms with van der Waals surface area (Å²) in [5.74, 6) is -0.0151. The molecule has 0 aliphatic carbocycles. The van der Waals surface area contributed by atoms with E-state index in [-0.39, 0.29) is 17.0 Å². The van der Waals surface area contributed by atoms with Crippen LogP contribution < -0.4 is 0 Å². The molecule has 0 bridgehead atoms. The summed E-state index contributed by atoms with van der Waals surface area (Å²) >= 11 is 3.37. The highest BCUT2D eigenvalue weighted by molar-refractivity contribution is 9.10. The molecule has 166 valence electrons. The smallest absolute Gasteiger partial charge is 0.253 e. The average molecular weight is 504 g/mol. The zero-order valence-corrected chi connectivity index (χ0v) is 21.9. The van der Waals surface area contributed by atoms with Gasteiger partial charge < -0.3 is 14.3 Å². The molecule has 0 aliphatic rings. The van der Waals surface area contributed by atoms with Gasteiger partial charge in [0.15, 0.2) is 14.0 Å². The fourth-order valence-electron chi connectivity index (χ4n) is 3.29. The number of nitrogens with zero attached hydrogens (tertiary/aromatic N) is 3. The van der Waals surface area contributed by atoms with E-state index in [9.17, 15) is 4.79 Å². The quantitative estimate of drug-likeness (QED) is 0.427. The summed E-state index contributed by atoms with van der Waals surface area (Å²) in [6.07, 6.45) is 3.54. The van der Waals surface area contributed by atoms with E-state index >= 15 is 0 Å². The van der Waals surface area contributed by atoms with Gasteiger partial charge in [0.05, 0.1) is 12.3 Å². The molecular weight excluding hydrogens is 472 g/mol. The van der Waals surface area contributed by atoms with Gasteiger partial charge in [-0.05, 0) is 58.7 Å². The maximum absolute atomic E-state index is 12.9. The molecule has 1 aromatic carbocycles. The van der Waals surface area contributed by atoms with E-state index in [1.165, 1.54) is 0 Å². The van der Waals surface area contributed by atoms with Crippen molar-refractivity contribution in [1.82, 2.24) is 19.9 Å². The molecule has 0 saturated carbocycles. The number of carbonyl (C=O) groups excluding carboxylic acids is 1. The summed E-state index contributed by atoms with van der Waals surface area (Å²) < 4.78 is 7.09. The van der Waals surface area contributed by atoms with Crippen LogP contribution in [0.1, 0.15) is 38.1 Å². The Bertz CT molecular complexity index is 1070. The first-order valence-electron chi connectivity index (χ1n) is 10.4. The van der Waals surface area contributed by atoms with Crippen molar-refractivity contribution in [2.24, 2.45) is 0 Å². The zero-order chi connectivity index (χ0) is 23.0. The second kappa shape index (κ2) is 8.84. The van der Waals surface area contributed by atoms with Gasteiger partial charge in [-0.15, -0.1) is 0 Å². The number of likely N-dealkylation sites (N-methyl/N-ethyl adjacent to an activating group) is 1. The van der Waals surface area contributed by atoms with Crippen molar-refractivity contribution in [1.29, 1.82) is 0 Å². The number of rotatable bonds is 6.